The smallest absolute Gasteiger partial charge is 0.355 e. The van der Waals surface area contributed by atoms with E-state index in [0.717, 1.165) is 0 Å². The molecule has 0 aliphatic carbocycles. The molecular formula is C13H22N2O4S. The third kappa shape index (κ3) is 3.83. The van der Waals surface area contributed by atoms with Crippen LogP contribution in [0.5, 0.6) is 0 Å². The number of sulfonamides is 1. The number of carbonyl (C=O) groups excluding carboxylic acids is 1. The molecule has 7 heteroatoms. The minimum atomic E-state index is -3.84. The average Bonchev–Trinajstić information content (AvgIpc) is 2.72. The van der Waals surface area contributed by atoms with E-state index in [1.165, 1.54) is 12.3 Å². The van der Waals surface area contributed by atoms with Crippen LogP contribution in [0.1, 0.15) is 51.1 Å². The molecule has 0 aromatic carbocycles. The zero-order valence-corrected chi connectivity index (χ0v) is 13.3. The lowest BCUT2D eigenvalue weighted by Gasteiger charge is -2.18. The topological polar surface area (TPSA) is 91.4 Å². The van der Waals surface area contributed by atoms with E-state index >= 15 is 0 Å². The van der Waals surface area contributed by atoms with Crippen molar-refractivity contribution >= 4 is 16.0 Å². The summed E-state index contributed by atoms with van der Waals surface area (Å²) in [5.74, 6) is -0.367. The van der Waals surface area contributed by atoms with Crippen LogP contribution < -0.4 is 5.14 Å². The molecule has 1 rings (SSSR count). The second kappa shape index (κ2) is 5.97. The Hall–Kier alpha value is -1.34. The summed E-state index contributed by atoms with van der Waals surface area (Å²) in [6.07, 6.45) is 1.10. The van der Waals surface area contributed by atoms with Crippen molar-refractivity contribution in [2.24, 2.45) is 11.1 Å². The summed E-state index contributed by atoms with van der Waals surface area (Å²) in [7, 11) is -3.84. The van der Waals surface area contributed by atoms with Crippen molar-refractivity contribution in [3.05, 3.63) is 18.0 Å². The van der Waals surface area contributed by atoms with Gasteiger partial charge in [-0.2, -0.15) is 0 Å². The molecule has 0 bridgehead atoms. The van der Waals surface area contributed by atoms with E-state index in [0.29, 0.717) is 0 Å². The quantitative estimate of drug-likeness (QED) is 0.841. The number of rotatable bonds is 5. The predicted octanol–water partition coefficient (Wildman–Crippen LogP) is 1.92. The van der Waals surface area contributed by atoms with Gasteiger partial charge in [0.15, 0.2) is 0 Å². The normalized spacial score (nSPS) is 13.8. The van der Waals surface area contributed by atoms with Gasteiger partial charge >= 0.3 is 5.97 Å². The molecule has 0 fully saturated rings. The van der Waals surface area contributed by atoms with Gasteiger partial charge in [-0.25, -0.2) is 18.4 Å². The number of esters is 1. The largest absolute Gasteiger partial charge is 0.458 e. The molecule has 0 amide bonds. The number of carbonyl (C=O) groups is 1. The summed E-state index contributed by atoms with van der Waals surface area (Å²) >= 11 is 0. The summed E-state index contributed by atoms with van der Waals surface area (Å²) in [5, 5.41) is 5.10. The Morgan fingerprint density at radius 1 is 1.25 bits per heavy atom. The molecule has 2 N–H and O–H groups in total. The van der Waals surface area contributed by atoms with Gasteiger partial charge in [-0.15, -0.1) is 0 Å². The van der Waals surface area contributed by atoms with Crippen LogP contribution in [0.25, 0.3) is 0 Å². The van der Waals surface area contributed by atoms with Crippen LogP contribution in [0.2, 0.25) is 0 Å². The highest BCUT2D eigenvalue weighted by Gasteiger charge is 2.23. The van der Waals surface area contributed by atoms with Crippen LogP contribution >= 0.6 is 0 Å². The first-order valence-electron chi connectivity index (χ1n) is 6.49. The fraction of sp³-hybridized carbons (Fsp3) is 0.615. The monoisotopic (exact) mass is 302 g/mol. The van der Waals surface area contributed by atoms with E-state index < -0.39 is 16.0 Å². The maximum atomic E-state index is 12.1. The van der Waals surface area contributed by atoms with Crippen molar-refractivity contribution in [3.8, 4) is 0 Å². The SMILES string of the molecule is CC(C)C(C)OC(=O)c1cc(S(N)(=O)=O)cn1C(C)C. The zero-order valence-electron chi connectivity index (χ0n) is 12.5. The van der Waals surface area contributed by atoms with Crippen molar-refractivity contribution in [1.82, 2.24) is 4.57 Å². The van der Waals surface area contributed by atoms with Crippen molar-refractivity contribution in [2.45, 2.75) is 51.7 Å². The summed E-state index contributed by atoms with van der Waals surface area (Å²) in [6.45, 7) is 9.36. The van der Waals surface area contributed by atoms with E-state index in [4.69, 9.17) is 9.88 Å². The zero-order chi connectivity index (χ0) is 15.7. The molecule has 1 heterocycles. The van der Waals surface area contributed by atoms with Gasteiger partial charge in [0.2, 0.25) is 10.0 Å². The lowest BCUT2D eigenvalue weighted by atomic mass is 10.1. The lowest BCUT2D eigenvalue weighted by Crippen LogP contribution is -2.22. The minimum absolute atomic E-state index is 0.0811. The Balaban J connectivity index is 3.16. The van der Waals surface area contributed by atoms with Crippen LogP contribution in [-0.4, -0.2) is 25.1 Å². The average molecular weight is 302 g/mol. The van der Waals surface area contributed by atoms with Crippen molar-refractivity contribution in [1.29, 1.82) is 0 Å². The van der Waals surface area contributed by atoms with Crippen molar-refractivity contribution in [2.75, 3.05) is 0 Å². The molecule has 0 aliphatic rings. The van der Waals surface area contributed by atoms with Gasteiger partial charge in [0, 0.05) is 12.2 Å². The lowest BCUT2D eigenvalue weighted by molar-refractivity contribution is 0.0224. The molecular weight excluding hydrogens is 280 g/mol. The Kier molecular flexibility index (Phi) is 4.99. The Bertz CT molecular complexity index is 588. The first-order valence-corrected chi connectivity index (χ1v) is 8.04. The molecule has 0 saturated heterocycles. The molecule has 0 aliphatic heterocycles. The highest BCUT2D eigenvalue weighted by atomic mass is 32.2. The molecule has 1 aromatic heterocycles. The molecule has 0 spiro atoms. The first-order chi connectivity index (χ1) is 9.04. The fourth-order valence-electron chi connectivity index (χ4n) is 1.57. The van der Waals surface area contributed by atoms with Gasteiger partial charge in [0.05, 0.1) is 0 Å². The number of nitrogens with two attached hydrogens (primary N) is 1. The molecule has 0 radical (unpaired) electrons. The Morgan fingerprint density at radius 3 is 2.20 bits per heavy atom. The second-order valence-corrected chi connectivity index (χ2v) is 7.02. The van der Waals surface area contributed by atoms with Crippen LogP contribution in [0, 0.1) is 5.92 Å². The molecule has 1 atom stereocenters. The van der Waals surface area contributed by atoms with Gasteiger partial charge in [-0.05, 0) is 32.8 Å². The molecule has 1 unspecified atom stereocenters. The van der Waals surface area contributed by atoms with E-state index in [2.05, 4.69) is 0 Å². The maximum Gasteiger partial charge on any atom is 0.355 e. The molecule has 6 nitrogen and oxygen atoms in total. The van der Waals surface area contributed by atoms with Gasteiger partial charge in [0.1, 0.15) is 16.7 Å². The number of hydrogen-bond donors (Lipinski definition) is 1. The Labute approximate surface area is 120 Å². The van der Waals surface area contributed by atoms with Crippen molar-refractivity contribution < 1.29 is 17.9 Å². The fourth-order valence-corrected chi connectivity index (χ4v) is 2.10. The highest BCUT2D eigenvalue weighted by Crippen LogP contribution is 2.20. The van der Waals surface area contributed by atoms with Gasteiger partial charge < -0.3 is 9.30 Å². The van der Waals surface area contributed by atoms with Gasteiger partial charge in [-0.1, -0.05) is 13.8 Å². The number of hydrogen-bond acceptors (Lipinski definition) is 4. The van der Waals surface area contributed by atoms with E-state index in [9.17, 15) is 13.2 Å². The van der Waals surface area contributed by atoms with E-state index in [1.54, 1.807) is 11.5 Å². The van der Waals surface area contributed by atoms with Crippen LogP contribution in [0.4, 0.5) is 0 Å². The first kappa shape index (κ1) is 16.7. The van der Waals surface area contributed by atoms with Crippen LogP contribution in [-0.2, 0) is 14.8 Å². The number of primary sulfonamides is 1. The Morgan fingerprint density at radius 2 is 1.80 bits per heavy atom. The summed E-state index contributed by atoms with van der Waals surface area (Å²) in [6, 6.07) is 1.17. The molecule has 114 valence electrons. The van der Waals surface area contributed by atoms with Crippen molar-refractivity contribution in [3.63, 3.8) is 0 Å². The summed E-state index contributed by atoms with van der Waals surface area (Å²) < 4.78 is 29.6. The minimum Gasteiger partial charge on any atom is -0.458 e. The second-order valence-electron chi connectivity index (χ2n) is 5.46. The van der Waals surface area contributed by atoms with Gasteiger partial charge in [0.25, 0.3) is 0 Å². The number of nitrogens with zero attached hydrogens (tertiary/aromatic N) is 1. The van der Waals surface area contributed by atoms with E-state index in [-0.39, 0.29) is 28.7 Å². The van der Waals surface area contributed by atoms with E-state index in [1.807, 2.05) is 27.7 Å². The maximum absolute atomic E-state index is 12.1. The van der Waals surface area contributed by atoms with Crippen LogP contribution in [0.15, 0.2) is 17.2 Å². The molecule has 20 heavy (non-hydrogen) atoms. The van der Waals surface area contributed by atoms with Crippen LogP contribution in [0.3, 0.4) is 0 Å². The predicted molar refractivity (Wildman–Crippen MR) is 75.9 cm³/mol. The standard InChI is InChI=1S/C13H22N2O4S/c1-8(2)10(5)19-13(16)12-6-11(20(14,17)18)7-15(12)9(3)4/h6-10H,1-5H3,(H2,14,17,18). The number of ether oxygens (including phenoxy) is 1. The summed E-state index contributed by atoms with van der Waals surface area (Å²) in [4.78, 5) is 12.1. The highest BCUT2D eigenvalue weighted by molar-refractivity contribution is 7.89. The summed E-state index contributed by atoms with van der Waals surface area (Å²) in [5.41, 5.74) is 0.191. The molecule has 0 saturated carbocycles. The third-order valence-corrected chi connectivity index (χ3v) is 4.03. The number of aromatic nitrogens is 1. The molecule has 1 aromatic rings. The van der Waals surface area contributed by atoms with Gasteiger partial charge in [-0.3, -0.25) is 0 Å². The third-order valence-electron chi connectivity index (χ3n) is 3.15.